The molecule has 1 atom stereocenters. The van der Waals surface area contributed by atoms with Crippen LogP contribution in [0.25, 0.3) is 0 Å². The zero-order valence-electron chi connectivity index (χ0n) is 7.95. The van der Waals surface area contributed by atoms with Gasteiger partial charge >= 0.3 is 5.97 Å². The van der Waals surface area contributed by atoms with Crippen molar-refractivity contribution in [3.05, 3.63) is 29.6 Å². The van der Waals surface area contributed by atoms with Gasteiger partial charge in [-0.05, 0) is 31.5 Å². The molecule has 0 aliphatic heterocycles. The number of aryl methyl sites for hydroxylation is 1. The summed E-state index contributed by atoms with van der Waals surface area (Å²) in [5, 5.41) is 8.56. The highest BCUT2D eigenvalue weighted by Gasteiger charge is 2.14. The zero-order valence-corrected chi connectivity index (χ0v) is 7.95. The van der Waals surface area contributed by atoms with Crippen molar-refractivity contribution in [3.8, 4) is 5.75 Å². The number of carbonyl (C=O) groups is 1. The standard InChI is InChI=1S/C10H11FO3/c1-6-3-4-8(11)9(5-6)14-7(2)10(12)13/h3-5,7H,1-2H3,(H,12,13)/t7-/m0/s1. The Kier molecular flexibility index (Phi) is 3.06. The van der Waals surface area contributed by atoms with E-state index in [1.807, 2.05) is 0 Å². The lowest BCUT2D eigenvalue weighted by Crippen LogP contribution is -2.23. The molecule has 1 aromatic rings. The summed E-state index contributed by atoms with van der Waals surface area (Å²) in [7, 11) is 0. The Hall–Kier alpha value is -1.58. The van der Waals surface area contributed by atoms with E-state index in [0.29, 0.717) is 0 Å². The van der Waals surface area contributed by atoms with Crippen LogP contribution in [-0.2, 0) is 4.79 Å². The normalized spacial score (nSPS) is 12.2. The van der Waals surface area contributed by atoms with Gasteiger partial charge in [0.1, 0.15) is 0 Å². The molecule has 0 spiro atoms. The minimum atomic E-state index is -1.12. The van der Waals surface area contributed by atoms with Crippen LogP contribution in [0.15, 0.2) is 18.2 Å². The molecule has 0 fully saturated rings. The monoisotopic (exact) mass is 198 g/mol. The smallest absolute Gasteiger partial charge is 0.344 e. The van der Waals surface area contributed by atoms with Crippen molar-refractivity contribution in [2.24, 2.45) is 0 Å². The number of rotatable bonds is 3. The molecule has 1 N–H and O–H groups in total. The molecule has 0 unspecified atom stereocenters. The largest absolute Gasteiger partial charge is 0.479 e. The maximum absolute atomic E-state index is 13.1. The molecule has 76 valence electrons. The van der Waals surface area contributed by atoms with Gasteiger partial charge < -0.3 is 9.84 Å². The number of benzene rings is 1. The van der Waals surface area contributed by atoms with Gasteiger partial charge in [0, 0.05) is 0 Å². The van der Waals surface area contributed by atoms with Crippen molar-refractivity contribution in [2.75, 3.05) is 0 Å². The molecule has 0 heterocycles. The van der Waals surface area contributed by atoms with E-state index in [0.717, 1.165) is 5.56 Å². The topological polar surface area (TPSA) is 46.5 Å². The van der Waals surface area contributed by atoms with Crippen LogP contribution in [0, 0.1) is 12.7 Å². The van der Waals surface area contributed by atoms with E-state index in [1.54, 1.807) is 13.0 Å². The Balaban J connectivity index is 2.85. The third kappa shape index (κ3) is 2.45. The van der Waals surface area contributed by atoms with Gasteiger partial charge in [0.15, 0.2) is 17.7 Å². The van der Waals surface area contributed by atoms with E-state index in [1.165, 1.54) is 19.1 Å². The lowest BCUT2D eigenvalue weighted by Gasteiger charge is -2.11. The van der Waals surface area contributed by atoms with Crippen LogP contribution < -0.4 is 4.74 Å². The first-order valence-electron chi connectivity index (χ1n) is 4.16. The van der Waals surface area contributed by atoms with Crippen LogP contribution in [0.4, 0.5) is 4.39 Å². The highest BCUT2D eigenvalue weighted by molar-refractivity contribution is 5.72. The summed E-state index contributed by atoms with van der Waals surface area (Å²) in [5.41, 5.74) is 0.819. The highest BCUT2D eigenvalue weighted by Crippen LogP contribution is 2.19. The molecule has 1 rings (SSSR count). The summed E-state index contributed by atoms with van der Waals surface area (Å²) < 4.78 is 18.0. The van der Waals surface area contributed by atoms with Crippen LogP contribution in [0.2, 0.25) is 0 Å². The molecule has 14 heavy (non-hydrogen) atoms. The van der Waals surface area contributed by atoms with Gasteiger partial charge in [0.25, 0.3) is 0 Å². The van der Waals surface area contributed by atoms with Crippen molar-refractivity contribution in [2.45, 2.75) is 20.0 Å². The average molecular weight is 198 g/mol. The molecule has 0 amide bonds. The second-order valence-corrected chi connectivity index (χ2v) is 3.03. The molecule has 3 nitrogen and oxygen atoms in total. The highest BCUT2D eigenvalue weighted by atomic mass is 19.1. The SMILES string of the molecule is Cc1ccc(F)c(O[C@@H](C)C(=O)O)c1. The Morgan fingerprint density at radius 1 is 1.57 bits per heavy atom. The number of carboxylic acid groups (broad SMARTS) is 1. The van der Waals surface area contributed by atoms with Crippen molar-refractivity contribution >= 4 is 5.97 Å². The fraction of sp³-hybridized carbons (Fsp3) is 0.300. The molecular weight excluding hydrogens is 187 g/mol. The van der Waals surface area contributed by atoms with Crippen LogP contribution in [0.1, 0.15) is 12.5 Å². The third-order valence-electron chi connectivity index (χ3n) is 1.74. The van der Waals surface area contributed by atoms with Gasteiger partial charge in [-0.3, -0.25) is 0 Å². The minimum Gasteiger partial charge on any atom is -0.479 e. The lowest BCUT2D eigenvalue weighted by molar-refractivity contribution is -0.144. The van der Waals surface area contributed by atoms with E-state index < -0.39 is 17.9 Å². The second kappa shape index (κ2) is 4.09. The zero-order chi connectivity index (χ0) is 10.7. The number of halogens is 1. The van der Waals surface area contributed by atoms with Crippen molar-refractivity contribution in [1.29, 1.82) is 0 Å². The van der Waals surface area contributed by atoms with Gasteiger partial charge in [0.2, 0.25) is 0 Å². The van der Waals surface area contributed by atoms with Crippen molar-refractivity contribution < 1.29 is 19.0 Å². The summed E-state index contributed by atoms with van der Waals surface area (Å²) in [4.78, 5) is 10.5. The molecule has 1 aromatic carbocycles. The molecule has 4 heteroatoms. The molecule has 0 saturated heterocycles. The van der Waals surface area contributed by atoms with Crippen LogP contribution in [0.5, 0.6) is 5.75 Å². The lowest BCUT2D eigenvalue weighted by atomic mass is 10.2. The van der Waals surface area contributed by atoms with Crippen LogP contribution in [-0.4, -0.2) is 17.2 Å². The Morgan fingerprint density at radius 2 is 2.21 bits per heavy atom. The van der Waals surface area contributed by atoms with E-state index in [4.69, 9.17) is 9.84 Å². The van der Waals surface area contributed by atoms with Crippen LogP contribution in [0.3, 0.4) is 0 Å². The maximum atomic E-state index is 13.1. The first kappa shape index (κ1) is 10.5. The van der Waals surface area contributed by atoms with Gasteiger partial charge in [-0.1, -0.05) is 6.07 Å². The molecule has 0 aliphatic rings. The Morgan fingerprint density at radius 3 is 2.79 bits per heavy atom. The van der Waals surface area contributed by atoms with Gasteiger partial charge in [0.05, 0.1) is 0 Å². The molecule has 0 aliphatic carbocycles. The maximum Gasteiger partial charge on any atom is 0.344 e. The summed E-state index contributed by atoms with van der Waals surface area (Å²) in [6.45, 7) is 3.13. The van der Waals surface area contributed by atoms with E-state index in [9.17, 15) is 9.18 Å². The predicted octanol–water partition coefficient (Wildman–Crippen LogP) is 1.99. The first-order valence-corrected chi connectivity index (χ1v) is 4.16. The quantitative estimate of drug-likeness (QED) is 0.807. The Labute approximate surface area is 81.1 Å². The molecule has 0 saturated carbocycles. The minimum absolute atomic E-state index is 0.0279. The third-order valence-corrected chi connectivity index (χ3v) is 1.74. The summed E-state index contributed by atoms with van der Waals surface area (Å²) in [5.74, 6) is -1.70. The number of carboxylic acids is 1. The fourth-order valence-corrected chi connectivity index (χ4v) is 0.942. The van der Waals surface area contributed by atoms with Crippen molar-refractivity contribution in [3.63, 3.8) is 0 Å². The van der Waals surface area contributed by atoms with Gasteiger partial charge in [-0.25, -0.2) is 9.18 Å². The summed E-state index contributed by atoms with van der Waals surface area (Å²) >= 11 is 0. The number of hydrogen-bond donors (Lipinski definition) is 1. The van der Waals surface area contributed by atoms with Crippen LogP contribution >= 0.6 is 0 Å². The van der Waals surface area contributed by atoms with E-state index in [2.05, 4.69) is 0 Å². The molecular formula is C10H11FO3. The number of ether oxygens (including phenoxy) is 1. The van der Waals surface area contributed by atoms with E-state index in [-0.39, 0.29) is 5.75 Å². The molecule has 0 bridgehead atoms. The average Bonchev–Trinajstić information content (AvgIpc) is 2.11. The fourth-order valence-electron chi connectivity index (χ4n) is 0.942. The number of aliphatic carboxylic acids is 1. The predicted molar refractivity (Wildman–Crippen MR) is 48.9 cm³/mol. The second-order valence-electron chi connectivity index (χ2n) is 3.03. The van der Waals surface area contributed by atoms with Gasteiger partial charge in [-0.2, -0.15) is 0 Å². The Bertz CT molecular complexity index is 349. The summed E-state index contributed by atoms with van der Waals surface area (Å²) in [6.07, 6.45) is -1.05. The molecule has 0 aromatic heterocycles. The van der Waals surface area contributed by atoms with Crippen molar-refractivity contribution in [1.82, 2.24) is 0 Å². The molecule has 0 radical (unpaired) electrons. The summed E-state index contributed by atoms with van der Waals surface area (Å²) in [6, 6.07) is 4.31. The van der Waals surface area contributed by atoms with Gasteiger partial charge in [-0.15, -0.1) is 0 Å². The van der Waals surface area contributed by atoms with E-state index >= 15 is 0 Å². The first-order chi connectivity index (χ1) is 6.50. The number of hydrogen-bond acceptors (Lipinski definition) is 2.